The predicted octanol–water partition coefficient (Wildman–Crippen LogP) is 5.03. The van der Waals surface area contributed by atoms with E-state index < -0.39 is 0 Å². The number of hydrogen-bond donors (Lipinski definition) is 3. The van der Waals surface area contributed by atoms with Crippen molar-refractivity contribution in [3.63, 3.8) is 0 Å². The van der Waals surface area contributed by atoms with E-state index in [0.29, 0.717) is 28.9 Å². The highest BCUT2D eigenvalue weighted by molar-refractivity contribution is 5.97. The summed E-state index contributed by atoms with van der Waals surface area (Å²) in [5.41, 5.74) is 6.04. The van der Waals surface area contributed by atoms with Crippen LogP contribution in [0.1, 0.15) is 65.8 Å². The van der Waals surface area contributed by atoms with Crippen LogP contribution >= 0.6 is 0 Å². The summed E-state index contributed by atoms with van der Waals surface area (Å²) >= 11 is 0. The molecule has 3 N–H and O–H groups in total. The van der Waals surface area contributed by atoms with Crippen LogP contribution in [0.5, 0.6) is 5.75 Å². The highest BCUT2D eigenvalue weighted by atomic mass is 16.5. The average Bonchev–Trinajstić information content (AvgIpc) is 3.62. The third-order valence-electron chi connectivity index (χ3n) is 7.51. The zero-order valence-electron chi connectivity index (χ0n) is 22.6. The normalized spacial score (nSPS) is 19.2. The minimum absolute atomic E-state index is 0.0532. The van der Waals surface area contributed by atoms with Crippen LogP contribution in [0.4, 0.5) is 11.6 Å². The van der Waals surface area contributed by atoms with Gasteiger partial charge in [-0.1, -0.05) is 0 Å². The molecule has 9 heteroatoms. The minimum Gasteiger partial charge on any atom is -0.488 e. The van der Waals surface area contributed by atoms with Gasteiger partial charge in [-0.05, 0) is 94.7 Å². The molecule has 4 aromatic heterocycles. The van der Waals surface area contributed by atoms with Crippen LogP contribution in [-0.4, -0.2) is 48.8 Å². The van der Waals surface area contributed by atoms with Crippen molar-refractivity contribution in [2.75, 3.05) is 5.32 Å². The molecule has 9 nitrogen and oxygen atoms in total. The maximum atomic E-state index is 12.6. The number of anilines is 2. The lowest BCUT2D eigenvalue weighted by Gasteiger charge is -2.27. The molecule has 4 heterocycles. The van der Waals surface area contributed by atoms with E-state index in [4.69, 9.17) is 4.74 Å². The van der Waals surface area contributed by atoms with Gasteiger partial charge >= 0.3 is 0 Å². The number of rotatable bonds is 7. The first-order chi connectivity index (χ1) is 18.8. The second-order valence-electron chi connectivity index (χ2n) is 10.8. The van der Waals surface area contributed by atoms with Gasteiger partial charge in [0.25, 0.3) is 5.91 Å². The minimum atomic E-state index is -0.222. The second kappa shape index (κ2) is 10.3. The summed E-state index contributed by atoms with van der Waals surface area (Å²) in [6.45, 7) is 5.77. The van der Waals surface area contributed by atoms with Gasteiger partial charge in [-0.3, -0.25) is 9.78 Å². The van der Waals surface area contributed by atoms with E-state index in [1.807, 2.05) is 55.7 Å². The monoisotopic (exact) mass is 526 g/mol. The molecule has 0 aromatic carbocycles. The van der Waals surface area contributed by atoms with E-state index in [0.717, 1.165) is 72.2 Å². The predicted molar refractivity (Wildman–Crippen MR) is 150 cm³/mol. The molecule has 0 saturated heterocycles. The van der Waals surface area contributed by atoms with Gasteiger partial charge in [0.1, 0.15) is 11.6 Å². The number of nitrogens with zero attached hydrogens (tertiary/aromatic N) is 4. The molecule has 0 unspecified atom stereocenters. The molecule has 2 aliphatic carbocycles. The molecule has 2 fully saturated rings. The van der Waals surface area contributed by atoms with Gasteiger partial charge in [0.2, 0.25) is 0 Å². The topological polar surface area (TPSA) is 114 Å². The van der Waals surface area contributed by atoms with E-state index in [9.17, 15) is 9.90 Å². The Balaban J connectivity index is 1.24. The molecule has 202 valence electrons. The Labute approximate surface area is 227 Å². The fourth-order valence-electron chi connectivity index (χ4n) is 5.29. The number of pyridine rings is 3. The lowest BCUT2D eigenvalue weighted by Crippen LogP contribution is -2.27. The largest absolute Gasteiger partial charge is 0.488 e. The van der Waals surface area contributed by atoms with E-state index in [2.05, 4.69) is 31.8 Å². The Morgan fingerprint density at radius 2 is 1.82 bits per heavy atom. The lowest BCUT2D eigenvalue weighted by molar-refractivity contribution is 0.0667. The summed E-state index contributed by atoms with van der Waals surface area (Å²) in [5.74, 6) is 2.01. The highest BCUT2D eigenvalue weighted by Crippen LogP contribution is 2.34. The molecule has 4 aromatic rings. The molecule has 0 atom stereocenters. The highest BCUT2D eigenvalue weighted by Gasteiger charge is 2.26. The Kier molecular flexibility index (Phi) is 6.68. The SMILES string of the molecule is Cc1cc(-c2ccn3nc(Nc4cc(C)c(C(=O)NC5CC5)c(C)n4)cc3c2)c(OC2CCC(O)CC2)cn1. The standard InChI is InChI=1S/C30H34N6O3/c1-17-12-27(32-19(3)29(17)30(38)33-21-4-5-21)34-28-15-22-14-20(10-11-36(22)35-28)25-13-18(2)31-16-26(25)39-24-8-6-23(37)7-9-24/h10-16,21,23-24,37H,4-9H2,1-3H3,(H,33,38)(H,32,34,35). The molecule has 0 aliphatic heterocycles. The molecule has 0 bridgehead atoms. The van der Waals surface area contributed by atoms with Gasteiger partial charge in [0.15, 0.2) is 5.82 Å². The van der Waals surface area contributed by atoms with Gasteiger partial charge in [0.05, 0.1) is 35.2 Å². The van der Waals surface area contributed by atoms with E-state index in [-0.39, 0.29) is 18.1 Å². The van der Waals surface area contributed by atoms with E-state index in [1.165, 1.54) is 0 Å². The number of nitrogens with one attached hydrogen (secondary N) is 2. The summed E-state index contributed by atoms with van der Waals surface area (Å²) in [7, 11) is 0. The quantitative estimate of drug-likeness (QED) is 0.309. The van der Waals surface area contributed by atoms with Gasteiger partial charge in [-0.25, -0.2) is 9.50 Å². The Morgan fingerprint density at radius 1 is 1.03 bits per heavy atom. The zero-order valence-corrected chi connectivity index (χ0v) is 22.6. The smallest absolute Gasteiger partial charge is 0.253 e. The number of carbonyl (C=O) groups excluding carboxylic acids is 1. The van der Waals surface area contributed by atoms with E-state index >= 15 is 0 Å². The number of hydrogen-bond acceptors (Lipinski definition) is 7. The third-order valence-corrected chi connectivity index (χ3v) is 7.51. The molecular weight excluding hydrogens is 492 g/mol. The number of aliphatic hydroxyl groups excluding tert-OH is 1. The molecule has 0 radical (unpaired) electrons. The fraction of sp³-hybridized carbons (Fsp3) is 0.400. The first-order valence-corrected chi connectivity index (χ1v) is 13.7. The number of amides is 1. The molecule has 0 spiro atoms. The van der Waals surface area contributed by atoms with Crippen LogP contribution in [0.15, 0.2) is 42.7 Å². The van der Waals surface area contributed by atoms with Crippen LogP contribution in [0.2, 0.25) is 0 Å². The van der Waals surface area contributed by atoms with Crippen molar-refractivity contribution in [3.05, 3.63) is 65.2 Å². The van der Waals surface area contributed by atoms with Crippen molar-refractivity contribution < 1.29 is 14.6 Å². The van der Waals surface area contributed by atoms with Crippen molar-refractivity contribution in [2.24, 2.45) is 0 Å². The lowest BCUT2D eigenvalue weighted by atomic mass is 9.95. The summed E-state index contributed by atoms with van der Waals surface area (Å²) in [6.07, 6.45) is 8.89. The van der Waals surface area contributed by atoms with Crippen molar-refractivity contribution in [1.82, 2.24) is 24.9 Å². The van der Waals surface area contributed by atoms with Gasteiger partial charge in [-0.2, -0.15) is 5.10 Å². The van der Waals surface area contributed by atoms with Crippen LogP contribution < -0.4 is 15.4 Å². The maximum absolute atomic E-state index is 12.6. The van der Waals surface area contributed by atoms with Crippen molar-refractivity contribution in [1.29, 1.82) is 0 Å². The summed E-state index contributed by atoms with van der Waals surface area (Å²) in [4.78, 5) is 21.7. The Bertz CT molecular complexity index is 1510. The summed E-state index contributed by atoms with van der Waals surface area (Å²) in [5, 5.41) is 20.9. The first kappa shape index (κ1) is 25.3. The number of fused-ring (bicyclic) bond motifs is 1. The van der Waals surface area contributed by atoms with E-state index in [1.54, 1.807) is 6.20 Å². The third kappa shape index (κ3) is 5.59. The molecule has 2 aliphatic rings. The molecule has 1 amide bonds. The first-order valence-electron chi connectivity index (χ1n) is 13.7. The summed E-state index contributed by atoms with van der Waals surface area (Å²) in [6, 6.07) is 10.3. The molecular formula is C30H34N6O3. The average molecular weight is 527 g/mol. The zero-order chi connectivity index (χ0) is 27.1. The van der Waals surface area contributed by atoms with Crippen LogP contribution in [0, 0.1) is 20.8 Å². The molecule has 6 rings (SSSR count). The number of aliphatic hydroxyl groups is 1. The van der Waals surface area contributed by atoms with Crippen molar-refractivity contribution in [2.45, 2.75) is 77.5 Å². The van der Waals surface area contributed by atoms with Gasteiger partial charge in [-0.15, -0.1) is 0 Å². The number of aryl methyl sites for hydroxylation is 3. The van der Waals surface area contributed by atoms with Crippen molar-refractivity contribution >= 4 is 23.1 Å². The number of ether oxygens (including phenoxy) is 1. The van der Waals surface area contributed by atoms with Crippen LogP contribution in [-0.2, 0) is 0 Å². The number of carbonyl (C=O) groups is 1. The van der Waals surface area contributed by atoms with Crippen LogP contribution in [0.25, 0.3) is 16.6 Å². The molecule has 39 heavy (non-hydrogen) atoms. The van der Waals surface area contributed by atoms with Gasteiger partial charge < -0.3 is 20.5 Å². The number of aromatic nitrogens is 4. The van der Waals surface area contributed by atoms with Crippen molar-refractivity contribution in [3.8, 4) is 16.9 Å². The second-order valence-corrected chi connectivity index (χ2v) is 10.8. The Morgan fingerprint density at radius 3 is 2.56 bits per heavy atom. The van der Waals surface area contributed by atoms with Gasteiger partial charge in [0, 0.05) is 29.6 Å². The Hall–Kier alpha value is -3.98. The summed E-state index contributed by atoms with van der Waals surface area (Å²) < 4.78 is 8.19. The maximum Gasteiger partial charge on any atom is 0.253 e. The molecule has 2 saturated carbocycles. The fourth-order valence-corrected chi connectivity index (χ4v) is 5.29. The van der Waals surface area contributed by atoms with Crippen LogP contribution in [0.3, 0.4) is 0 Å².